The maximum Gasteiger partial charge on any atom is 0.251 e. The number of ether oxygens (including phenoxy) is 2. The van der Waals surface area contributed by atoms with Crippen LogP contribution in [0.15, 0.2) is 52.3 Å². The Morgan fingerprint density at radius 1 is 0.892 bits per heavy atom. The van der Waals surface area contributed by atoms with E-state index in [4.69, 9.17) is 9.47 Å². The second kappa shape index (κ2) is 11.9. The monoisotopic (exact) mass is 551 g/mol. The SMILES string of the molecule is Cc1ccc(C(=O)NCCOc2ccc(S(=O)(=O)N3CCCCC3)cc2)cc1S(=O)(=O)N1CCOCC1. The van der Waals surface area contributed by atoms with E-state index in [0.29, 0.717) is 37.6 Å². The zero-order valence-electron chi connectivity index (χ0n) is 20.9. The van der Waals surface area contributed by atoms with Gasteiger partial charge in [0.1, 0.15) is 12.4 Å². The summed E-state index contributed by atoms with van der Waals surface area (Å²) in [6.07, 6.45) is 2.80. The average molecular weight is 552 g/mol. The van der Waals surface area contributed by atoms with Crippen LogP contribution < -0.4 is 10.1 Å². The maximum atomic E-state index is 13.1. The van der Waals surface area contributed by atoms with Crippen LogP contribution in [-0.2, 0) is 24.8 Å². The number of nitrogens with zero attached hydrogens (tertiary/aromatic N) is 2. The van der Waals surface area contributed by atoms with Crippen molar-refractivity contribution in [2.75, 3.05) is 52.5 Å². The molecule has 0 aromatic heterocycles. The first-order valence-corrected chi connectivity index (χ1v) is 15.3. The van der Waals surface area contributed by atoms with Crippen molar-refractivity contribution >= 4 is 26.0 Å². The minimum Gasteiger partial charge on any atom is -0.492 e. The number of carbonyl (C=O) groups is 1. The van der Waals surface area contributed by atoms with Crippen LogP contribution in [0.3, 0.4) is 0 Å². The Morgan fingerprint density at radius 2 is 1.54 bits per heavy atom. The molecule has 37 heavy (non-hydrogen) atoms. The highest BCUT2D eigenvalue weighted by Crippen LogP contribution is 2.24. The third-order valence-corrected chi connectivity index (χ3v) is 10.4. The highest BCUT2D eigenvalue weighted by Gasteiger charge is 2.29. The lowest BCUT2D eigenvalue weighted by molar-refractivity contribution is 0.0730. The van der Waals surface area contributed by atoms with Crippen LogP contribution in [0.1, 0.15) is 35.2 Å². The Labute approximate surface area is 218 Å². The summed E-state index contributed by atoms with van der Waals surface area (Å²) in [6.45, 7) is 4.38. The molecular weight excluding hydrogens is 518 g/mol. The number of rotatable bonds is 9. The van der Waals surface area contributed by atoms with Crippen molar-refractivity contribution in [3.8, 4) is 5.75 Å². The summed E-state index contributed by atoms with van der Waals surface area (Å²) in [6, 6.07) is 10.9. The summed E-state index contributed by atoms with van der Waals surface area (Å²) in [4.78, 5) is 13.0. The Bertz CT molecular complexity index is 1300. The summed E-state index contributed by atoms with van der Waals surface area (Å²) in [7, 11) is -7.23. The van der Waals surface area contributed by atoms with Crippen molar-refractivity contribution in [3.05, 3.63) is 53.6 Å². The van der Waals surface area contributed by atoms with Gasteiger partial charge in [-0.05, 0) is 61.7 Å². The van der Waals surface area contributed by atoms with Gasteiger partial charge in [-0.2, -0.15) is 8.61 Å². The number of amides is 1. The van der Waals surface area contributed by atoms with Crippen molar-refractivity contribution in [2.45, 2.75) is 36.0 Å². The molecule has 2 aromatic carbocycles. The quantitative estimate of drug-likeness (QED) is 0.473. The number of nitrogens with one attached hydrogen (secondary N) is 1. The Kier molecular flexibility index (Phi) is 8.86. The largest absolute Gasteiger partial charge is 0.492 e. The zero-order chi connectivity index (χ0) is 26.5. The van der Waals surface area contributed by atoms with Crippen LogP contribution in [0.25, 0.3) is 0 Å². The highest BCUT2D eigenvalue weighted by molar-refractivity contribution is 7.89. The summed E-state index contributed by atoms with van der Waals surface area (Å²) >= 11 is 0. The topological polar surface area (TPSA) is 122 Å². The molecule has 0 atom stereocenters. The standard InChI is InChI=1S/C25H33N3O7S2/c1-20-5-6-21(19-24(20)37(32,33)28-14-17-34-18-15-28)25(29)26-11-16-35-22-7-9-23(10-8-22)36(30,31)27-12-3-2-4-13-27/h5-10,19H,2-4,11-18H2,1H3,(H,26,29). The molecule has 0 unspecified atom stereocenters. The van der Waals surface area contributed by atoms with Crippen molar-refractivity contribution in [1.29, 1.82) is 0 Å². The lowest BCUT2D eigenvalue weighted by atomic mass is 10.1. The summed E-state index contributed by atoms with van der Waals surface area (Å²) in [5, 5.41) is 2.73. The van der Waals surface area contributed by atoms with Gasteiger partial charge in [-0.25, -0.2) is 16.8 Å². The fraction of sp³-hybridized carbons (Fsp3) is 0.480. The van der Waals surface area contributed by atoms with Crippen LogP contribution >= 0.6 is 0 Å². The molecule has 0 radical (unpaired) electrons. The second-order valence-corrected chi connectivity index (χ2v) is 12.9. The number of hydrogen-bond donors (Lipinski definition) is 1. The average Bonchev–Trinajstić information content (AvgIpc) is 2.92. The molecule has 0 saturated carbocycles. The summed E-state index contributed by atoms with van der Waals surface area (Å²) in [5.41, 5.74) is 0.807. The molecule has 0 aliphatic carbocycles. The van der Waals surface area contributed by atoms with E-state index in [-0.39, 0.29) is 41.6 Å². The third-order valence-electron chi connectivity index (χ3n) is 6.47. The summed E-state index contributed by atoms with van der Waals surface area (Å²) < 4.78 is 65.4. The van der Waals surface area contributed by atoms with Crippen molar-refractivity contribution in [3.63, 3.8) is 0 Å². The molecular formula is C25H33N3O7S2. The van der Waals surface area contributed by atoms with Gasteiger partial charge in [0.25, 0.3) is 5.91 Å². The molecule has 0 bridgehead atoms. The van der Waals surface area contributed by atoms with Crippen LogP contribution in [0.5, 0.6) is 5.75 Å². The molecule has 2 aromatic rings. The molecule has 2 heterocycles. The van der Waals surface area contributed by atoms with E-state index in [1.54, 1.807) is 31.2 Å². The molecule has 202 valence electrons. The molecule has 2 aliphatic rings. The van der Waals surface area contributed by atoms with Gasteiger partial charge in [0.2, 0.25) is 20.0 Å². The Morgan fingerprint density at radius 3 is 2.22 bits per heavy atom. The summed E-state index contributed by atoms with van der Waals surface area (Å²) in [5.74, 6) is 0.0751. The van der Waals surface area contributed by atoms with Crippen molar-refractivity contribution in [2.24, 2.45) is 0 Å². The molecule has 10 nitrogen and oxygen atoms in total. The maximum absolute atomic E-state index is 13.1. The van der Waals surface area contributed by atoms with Gasteiger partial charge in [0.15, 0.2) is 0 Å². The number of aryl methyl sites for hydroxylation is 1. The van der Waals surface area contributed by atoms with E-state index in [9.17, 15) is 21.6 Å². The number of benzene rings is 2. The van der Waals surface area contributed by atoms with Gasteiger partial charge < -0.3 is 14.8 Å². The predicted octanol–water partition coefficient (Wildman–Crippen LogP) is 2.00. The third kappa shape index (κ3) is 6.50. The van der Waals surface area contributed by atoms with E-state index in [1.165, 1.54) is 26.8 Å². The van der Waals surface area contributed by atoms with E-state index >= 15 is 0 Å². The van der Waals surface area contributed by atoms with Crippen LogP contribution in [0, 0.1) is 6.92 Å². The van der Waals surface area contributed by atoms with E-state index in [0.717, 1.165) is 19.3 Å². The van der Waals surface area contributed by atoms with E-state index in [2.05, 4.69) is 5.32 Å². The fourth-order valence-electron chi connectivity index (χ4n) is 4.34. The zero-order valence-corrected chi connectivity index (χ0v) is 22.5. The highest BCUT2D eigenvalue weighted by atomic mass is 32.2. The van der Waals surface area contributed by atoms with Gasteiger partial charge in [0, 0.05) is 31.7 Å². The first-order chi connectivity index (χ1) is 17.7. The Hall–Kier alpha value is -2.51. The van der Waals surface area contributed by atoms with Gasteiger partial charge >= 0.3 is 0 Å². The Balaban J connectivity index is 1.31. The van der Waals surface area contributed by atoms with Crippen LogP contribution in [-0.4, -0.2) is 83.9 Å². The van der Waals surface area contributed by atoms with Crippen LogP contribution in [0.4, 0.5) is 0 Å². The molecule has 2 saturated heterocycles. The number of hydrogen-bond acceptors (Lipinski definition) is 7. The number of sulfonamides is 2. The molecule has 12 heteroatoms. The minimum absolute atomic E-state index is 0.109. The fourth-order valence-corrected chi connectivity index (χ4v) is 7.52. The van der Waals surface area contributed by atoms with Crippen molar-refractivity contribution < 1.29 is 31.1 Å². The van der Waals surface area contributed by atoms with Crippen LogP contribution in [0.2, 0.25) is 0 Å². The van der Waals surface area contributed by atoms with E-state index < -0.39 is 26.0 Å². The van der Waals surface area contributed by atoms with Gasteiger partial charge in [0.05, 0.1) is 29.5 Å². The predicted molar refractivity (Wildman–Crippen MR) is 138 cm³/mol. The lowest BCUT2D eigenvalue weighted by Gasteiger charge is -2.26. The van der Waals surface area contributed by atoms with E-state index in [1.807, 2.05) is 0 Å². The van der Waals surface area contributed by atoms with Gasteiger partial charge in [-0.1, -0.05) is 12.5 Å². The normalized spacial score (nSPS) is 17.9. The number of piperidine rings is 1. The molecule has 2 aliphatic heterocycles. The second-order valence-electron chi connectivity index (χ2n) is 9.04. The molecule has 1 amide bonds. The molecule has 2 fully saturated rings. The first kappa shape index (κ1) is 27.5. The molecule has 1 N–H and O–H groups in total. The molecule has 0 spiro atoms. The molecule has 4 rings (SSSR count). The minimum atomic E-state index is -3.73. The lowest BCUT2D eigenvalue weighted by Crippen LogP contribution is -2.41. The number of morpholine rings is 1. The van der Waals surface area contributed by atoms with Crippen molar-refractivity contribution in [1.82, 2.24) is 13.9 Å². The first-order valence-electron chi connectivity index (χ1n) is 12.4. The van der Waals surface area contributed by atoms with Gasteiger partial charge in [-0.15, -0.1) is 0 Å². The van der Waals surface area contributed by atoms with Gasteiger partial charge in [-0.3, -0.25) is 4.79 Å². The smallest absolute Gasteiger partial charge is 0.251 e. The number of carbonyl (C=O) groups excluding carboxylic acids is 1.